The average Bonchev–Trinajstić information content (AvgIpc) is 2.36. The number of urea groups is 1. The van der Waals surface area contributed by atoms with Gasteiger partial charge in [0.15, 0.2) is 0 Å². The van der Waals surface area contributed by atoms with Gasteiger partial charge in [0.2, 0.25) is 0 Å². The molecular weight excluding hydrogens is 228 g/mol. The number of rotatable bonds is 6. The summed E-state index contributed by atoms with van der Waals surface area (Å²) in [6.45, 7) is 5.30. The fraction of sp³-hybridized carbons (Fsp3) is 0.500. The molecule has 0 radical (unpaired) electrons. The van der Waals surface area contributed by atoms with Crippen LogP contribution in [0.2, 0.25) is 0 Å². The van der Waals surface area contributed by atoms with Crippen LogP contribution in [0.15, 0.2) is 24.3 Å². The first kappa shape index (κ1) is 14.5. The van der Waals surface area contributed by atoms with Crippen molar-refractivity contribution in [2.24, 2.45) is 5.92 Å². The molecular formula is C14H22N2O2. The molecule has 1 unspecified atom stereocenters. The van der Waals surface area contributed by atoms with Gasteiger partial charge in [-0.05, 0) is 30.4 Å². The standard InChI is InChI=1S/C14H22N2O2/c1-11(7-8-17)9-15-14(18)16-10-13-6-4-3-5-12(13)2/h3-6,11,17H,7-10H2,1-2H3,(H2,15,16,18). The Kier molecular flexibility index (Phi) is 6.22. The molecule has 3 N–H and O–H groups in total. The van der Waals surface area contributed by atoms with Gasteiger partial charge in [0.1, 0.15) is 0 Å². The summed E-state index contributed by atoms with van der Waals surface area (Å²) >= 11 is 0. The molecule has 0 saturated carbocycles. The lowest BCUT2D eigenvalue weighted by Crippen LogP contribution is -2.37. The molecule has 0 saturated heterocycles. The molecule has 0 aliphatic rings. The Labute approximate surface area is 108 Å². The molecule has 0 aliphatic carbocycles. The monoisotopic (exact) mass is 250 g/mol. The Hall–Kier alpha value is -1.55. The van der Waals surface area contributed by atoms with Crippen molar-refractivity contribution in [3.63, 3.8) is 0 Å². The van der Waals surface area contributed by atoms with Crippen molar-refractivity contribution in [1.82, 2.24) is 10.6 Å². The van der Waals surface area contributed by atoms with Crippen LogP contribution in [0, 0.1) is 12.8 Å². The van der Waals surface area contributed by atoms with Crippen molar-refractivity contribution in [3.8, 4) is 0 Å². The smallest absolute Gasteiger partial charge is 0.315 e. The molecule has 1 aromatic rings. The zero-order valence-corrected chi connectivity index (χ0v) is 11.1. The van der Waals surface area contributed by atoms with Crippen LogP contribution in [-0.4, -0.2) is 24.3 Å². The second-order valence-electron chi connectivity index (χ2n) is 4.61. The van der Waals surface area contributed by atoms with E-state index in [1.54, 1.807) is 0 Å². The van der Waals surface area contributed by atoms with Gasteiger partial charge in [0, 0.05) is 19.7 Å². The number of nitrogens with one attached hydrogen (secondary N) is 2. The van der Waals surface area contributed by atoms with Gasteiger partial charge in [-0.2, -0.15) is 0 Å². The molecule has 0 bridgehead atoms. The number of carbonyl (C=O) groups excluding carboxylic acids is 1. The quantitative estimate of drug-likeness (QED) is 0.721. The summed E-state index contributed by atoms with van der Waals surface area (Å²) in [6.07, 6.45) is 0.706. The van der Waals surface area contributed by atoms with Crippen LogP contribution in [0.5, 0.6) is 0 Å². The van der Waals surface area contributed by atoms with E-state index in [1.807, 2.05) is 38.1 Å². The predicted octanol–water partition coefficient (Wildman–Crippen LogP) is 1.81. The normalized spacial score (nSPS) is 11.9. The van der Waals surface area contributed by atoms with E-state index in [-0.39, 0.29) is 12.6 Å². The van der Waals surface area contributed by atoms with Crippen LogP contribution in [0.3, 0.4) is 0 Å². The largest absolute Gasteiger partial charge is 0.396 e. The van der Waals surface area contributed by atoms with Crippen LogP contribution in [0.4, 0.5) is 4.79 Å². The lowest BCUT2D eigenvalue weighted by molar-refractivity contribution is 0.233. The number of aliphatic hydroxyl groups is 1. The summed E-state index contributed by atoms with van der Waals surface area (Å²) in [4.78, 5) is 11.6. The van der Waals surface area contributed by atoms with Crippen LogP contribution in [0.1, 0.15) is 24.5 Å². The number of aryl methyl sites for hydroxylation is 1. The SMILES string of the molecule is Cc1ccccc1CNC(=O)NCC(C)CCO. The summed E-state index contributed by atoms with van der Waals surface area (Å²) in [5.41, 5.74) is 2.29. The number of amides is 2. The minimum absolute atomic E-state index is 0.160. The minimum Gasteiger partial charge on any atom is -0.396 e. The summed E-state index contributed by atoms with van der Waals surface area (Å²) in [7, 11) is 0. The first-order chi connectivity index (χ1) is 8.63. The number of hydrogen-bond donors (Lipinski definition) is 3. The molecule has 1 rings (SSSR count). The van der Waals surface area contributed by atoms with Gasteiger partial charge in [0.25, 0.3) is 0 Å². The molecule has 1 atom stereocenters. The van der Waals surface area contributed by atoms with E-state index in [0.717, 1.165) is 5.56 Å². The number of hydrogen-bond acceptors (Lipinski definition) is 2. The molecule has 0 heterocycles. The summed E-state index contributed by atoms with van der Waals surface area (Å²) in [5, 5.41) is 14.4. The molecule has 0 fully saturated rings. The number of aliphatic hydroxyl groups excluding tert-OH is 1. The summed E-state index contributed by atoms with van der Waals surface area (Å²) in [6, 6.07) is 7.81. The third kappa shape index (κ3) is 5.19. The van der Waals surface area contributed by atoms with E-state index in [0.29, 0.717) is 25.4 Å². The van der Waals surface area contributed by atoms with Gasteiger partial charge < -0.3 is 15.7 Å². The first-order valence-electron chi connectivity index (χ1n) is 6.30. The molecule has 100 valence electrons. The van der Waals surface area contributed by atoms with Crippen molar-refractivity contribution in [2.45, 2.75) is 26.8 Å². The molecule has 0 spiro atoms. The number of benzene rings is 1. The Morgan fingerprint density at radius 3 is 2.72 bits per heavy atom. The van der Waals surface area contributed by atoms with Gasteiger partial charge in [-0.25, -0.2) is 4.79 Å². The van der Waals surface area contributed by atoms with Gasteiger partial charge in [-0.3, -0.25) is 0 Å². The van der Waals surface area contributed by atoms with E-state index in [2.05, 4.69) is 10.6 Å². The van der Waals surface area contributed by atoms with Crippen molar-refractivity contribution in [3.05, 3.63) is 35.4 Å². The van der Waals surface area contributed by atoms with Crippen LogP contribution in [-0.2, 0) is 6.54 Å². The second kappa shape index (κ2) is 7.71. The van der Waals surface area contributed by atoms with Crippen LogP contribution in [0.25, 0.3) is 0 Å². The third-order valence-corrected chi connectivity index (χ3v) is 2.93. The highest BCUT2D eigenvalue weighted by Crippen LogP contribution is 2.05. The molecule has 2 amide bonds. The van der Waals surface area contributed by atoms with Crippen LogP contribution >= 0.6 is 0 Å². The Balaban J connectivity index is 2.27. The Bertz CT molecular complexity index is 380. The van der Waals surface area contributed by atoms with E-state index >= 15 is 0 Å². The molecule has 0 aromatic heterocycles. The fourth-order valence-corrected chi connectivity index (χ4v) is 1.64. The lowest BCUT2D eigenvalue weighted by atomic mass is 10.1. The van der Waals surface area contributed by atoms with Gasteiger partial charge in [0.05, 0.1) is 0 Å². The minimum atomic E-state index is -0.164. The zero-order chi connectivity index (χ0) is 13.4. The maximum atomic E-state index is 11.6. The Morgan fingerprint density at radius 2 is 2.06 bits per heavy atom. The van der Waals surface area contributed by atoms with Gasteiger partial charge >= 0.3 is 6.03 Å². The molecule has 4 heteroatoms. The van der Waals surface area contributed by atoms with Crippen molar-refractivity contribution < 1.29 is 9.90 Å². The van der Waals surface area contributed by atoms with Crippen LogP contribution < -0.4 is 10.6 Å². The highest BCUT2D eigenvalue weighted by Gasteiger charge is 2.05. The molecule has 0 aliphatic heterocycles. The van der Waals surface area contributed by atoms with Crippen molar-refractivity contribution in [1.29, 1.82) is 0 Å². The van der Waals surface area contributed by atoms with Gasteiger partial charge in [-0.1, -0.05) is 31.2 Å². The number of carbonyl (C=O) groups is 1. The highest BCUT2D eigenvalue weighted by atomic mass is 16.3. The Morgan fingerprint density at radius 1 is 1.33 bits per heavy atom. The molecule has 18 heavy (non-hydrogen) atoms. The first-order valence-corrected chi connectivity index (χ1v) is 6.30. The second-order valence-corrected chi connectivity index (χ2v) is 4.61. The summed E-state index contributed by atoms with van der Waals surface area (Å²) < 4.78 is 0. The van der Waals surface area contributed by atoms with Crippen molar-refractivity contribution >= 4 is 6.03 Å². The maximum absolute atomic E-state index is 11.6. The topological polar surface area (TPSA) is 61.4 Å². The highest BCUT2D eigenvalue weighted by molar-refractivity contribution is 5.73. The molecule has 4 nitrogen and oxygen atoms in total. The predicted molar refractivity (Wildman–Crippen MR) is 72.3 cm³/mol. The average molecular weight is 250 g/mol. The maximum Gasteiger partial charge on any atom is 0.315 e. The molecule has 1 aromatic carbocycles. The van der Waals surface area contributed by atoms with Gasteiger partial charge in [-0.15, -0.1) is 0 Å². The van der Waals surface area contributed by atoms with Crippen molar-refractivity contribution in [2.75, 3.05) is 13.2 Å². The zero-order valence-electron chi connectivity index (χ0n) is 11.1. The van der Waals surface area contributed by atoms with E-state index in [4.69, 9.17) is 5.11 Å². The lowest BCUT2D eigenvalue weighted by Gasteiger charge is -2.12. The summed E-state index contributed by atoms with van der Waals surface area (Å²) in [5.74, 6) is 0.291. The van der Waals surface area contributed by atoms with E-state index in [9.17, 15) is 4.79 Å². The van der Waals surface area contributed by atoms with E-state index in [1.165, 1.54) is 5.56 Å². The van der Waals surface area contributed by atoms with E-state index < -0.39 is 0 Å². The fourth-order valence-electron chi connectivity index (χ4n) is 1.64. The third-order valence-electron chi connectivity index (χ3n) is 2.93.